The van der Waals surface area contributed by atoms with E-state index in [1.165, 1.54) is 12.5 Å². The van der Waals surface area contributed by atoms with Crippen molar-refractivity contribution >= 4 is 47.4 Å². The topological polar surface area (TPSA) is 345 Å². The Hall–Kier alpha value is -7.61. The SMILES string of the molecule is NC(=O)[C@H](Cc1ccccc1)NC(=O)[C@H](CCCN=C(N)N)NC(=O)[C@H](Cc1ccccc1)NC(=O)[C@H](Cc1ccccc1)NC(=O)[C@H](Cc1cnc[nH]1)NC(=O)[C@@H](N)CC(=O)O. The molecule has 4 rings (SSSR count). The number of benzene rings is 3. The predicted molar refractivity (Wildman–Crippen MR) is 232 cm³/mol. The van der Waals surface area contributed by atoms with E-state index in [2.05, 4.69) is 41.5 Å². The summed E-state index contributed by atoms with van der Waals surface area (Å²) in [7, 11) is 0. The zero-order valence-electron chi connectivity index (χ0n) is 34.4. The number of primary amides is 1. The van der Waals surface area contributed by atoms with Gasteiger partial charge in [-0.2, -0.15) is 0 Å². The highest BCUT2D eigenvalue weighted by Crippen LogP contribution is 2.11. The molecule has 4 aromatic rings. The van der Waals surface area contributed by atoms with Gasteiger partial charge >= 0.3 is 5.97 Å². The van der Waals surface area contributed by atoms with E-state index in [-0.39, 0.29) is 51.0 Å². The van der Waals surface area contributed by atoms with Crippen molar-refractivity contribution < 1.29 is 38.7 Å². The summed E-state index contributed by atoms with van der Waals surface area (Å²) in [4.78, 5) is 104. The van der Waals surface area contributed by atoms with Gasteiger partial charge in [0.15, 0.2) is 5.96 Å². The first-order chi connectivity index (χ1) is 30.2. The number of nitrogens with one attached hydrogen (secondary N) is 6. The molecule has 1 heterocycles. The average Bonchev–Trinajstić information content (AvgIpc) is 3.77. The highest BCUT2D eigenvalue weighted by molar-refractivity contribution is 5.97. The second-order valence-electron chi connectivity index (χ2n) is 14.7. The Morgan fingerprint density at radius 2 is 1.00 bits per heavy atom. The number of hydrogen-bond donors (Lipinski definition) is 11. The molecule has 0 saturated carbocycles. The number of aliphatic carboxylic acids is 1. The minimum Gasteiger partial charge on any atom is -0.481 e. The molecule has 0 aliphatic heterocycles. The molecule has 0 bridgehead atoms. The molecule has 0 unspecified atom stereocenters. The smallest absolute Gasteiger partial charge is 0.305 e. The zero-order chi connectivity index (χ0) is 45.7. The van der Waals surface area contributed by atoms with E-state index in [1.807, 2.05) is 0 Å². The maximum atomic E-state index is 14.4. The molecule has 63 heavy (non-hydrogen) atoms. The molecular formula is C43H54N12O8. The third-order valence-corrected chi connectivity index (χ3v) is 9.70. The van der Waals surface area contributed by atoms with Crippen molar-refractivity contribution in [3.63, 3.8) is 0 Å². The average molecular weight is 867 g/mol. The number of nitrogens with two attached hydrogens (primary N) is 4. The number of carboxylic acids is 1. The number of imidazole rings is 1. The van der Waals surface area contributed by atoms with Gasteiger partial charge in [0.2, 0.25) is 35.4 Å². The third-order valence-electron chi connectivity index (χ3n) is 9.70. The Morgan fingerprint density at radius 3 is 1.43 bits per heavy atom. The van der Waals surface area contributed by atoms with Gasteiger partial charge in [-0.15, -0.1) is 0 Å². The van der Waals surface area contributed by atoms with Gasteiger partial charge in [-0.3, -0.25) is 38.6 Å². The minimum absolute atomic E-state index is 0.0173. The molecule has 1 aromatic heterocycles. The maximum Gasteiger partial charge on any atom is 0.305 e. The van der Waals surface area contributed by atoms with Crippen molar-refractivity contribution in [3.05, 3.63) is 126 Å². The molecule has 6 atom stereocenters. The number of guanidine groups is 1. The van der Waals surface area contributed by atoms with Gasteiger partial charge in [0.25, 0.3) is 0 Å². The summed E-state index contributed by atoms with van der Waals surface area (Å²) < 4.78 is 0. The van der Waals surface area contributed by atoms with Crippen molar-refractivity contribution in [2.75, 3.05) is 6.54 Å². The largest absolute Gasteiger partial charge is 0.481 e. The lowest BCUT2D eigenvalue weighted by Crippen LogP contribution is -2.60. The molecule has 0 aliphatic carbocycles. The van der Waals surface area contributed by atoms with Crippen LogP contribution in [0, 0.1) is 0 Å². The summed E-state index contributed by atoms with van der Waals surface area (Å²) in [6, 6.07) is 18.5. The Morgan fingerprint density at radius 1 is 0.587 bits per heavy atom. The Kier molecular flexibility index (Phi) is 18.8. The fraction of sp³-hybridized carbons (Fsp3) is 0.326. The number of amides is 6. The van der Waals surface area contributed by atoms with Gasteiger partial charge in [0, 0.05) is 44.1 Å². The Bertz CT molecular complexity index is 2150. The van der Waals surface area contributed by atoms with Gasteiger partial charge in [0.1, 0.15) is 30.2 Å². The number of rotatable bonds is 25. The normalized spacial score (nSPS) is 13.7. The first kappa shape index (κ1) is 48.1. The molecule has 0 radical (unpaired) electrons. The van der Waals surface area contributed by atoms with Gasteiger partial charge < -0.3 is 59.6 Å². The van der Waals surface area contributed by atoms with E-state index in [9.17, 15) is 38.7 Å². The van der Waals surface area contributed by atoms with Crippen molar-refractivity contribution in [3.8, 4) is 0 Å². The van der Waals surface area contributed by atoms with E-state index in [1.54, 1.807) is 91.0 Å². The quantitative estimate of drug-likeness (QED) is 0.0205. The van der Waals surface area contributed by atoms with Gasteiger partial charge in [-0.05, 0) is 29.5 Å². The number of aliphatic imine (C=N–C) groups is 1. The van der Waals surface area contributed by atoms with Gasteiger partial charge in [-0.25, -0.2) is 4.98 Å². The summed E-state index contributed by atoms with van der Waals surface area (Å²) in [6.07, 6.45) is 2.17. The number of aromatic amines is 1. The van der Waals surface area contributed by atoms with E-state index < -0.39 is 84.1 Å². The molecule has 0 spiro atoms. The number of hydrogen-bond acceptors (Lipinski definition) is 10. The maximum absolute atomic E-state index is 14.4. The van der Waals surface area contributed by atoms with Gasteiger partial charge in [0.05, 0.1) is 18.8 Å². The van der Waals surface area contributed by atoms with Crippen LogP contribution in [0.3, 0.4) is 0 Å². The third kappa shape index (κ3) is 16.8. The standard InChI is InChI=1S/C43H54N12O8/c44-30(23-36(56)57)38(59)53-35(22-29-24-48-25-50-29)42(63)55-34(21-28-15-8-3-9-16-28)41(62)54-33(20-27-13-6-2-7-14-27)40(61)51-31(17-10-18-49-43(46)47)39(60)52-32(37(45)58)19-26-11-4-1-5-12-26/h1-9,11-16,24-25,30-35H,10,17-23,44H2,(H2,45,58)(H,48,50)(H,51,61)(H,52,60)(H,53,59)(H,54,62)(H,55,63)(H,56,57)(H4,46,47,49)/t30-,31-,32-,33-,34-,35-/m0/s1. The van der Waals surface area contributed by atoms with E-state index in [4.69, 9.17) is 22.9 Å². The van der Waals surface area contributed by atoms with Crippen molar-refractivity contribution in [1.29, 1.82) is 0 Å². The van der Waals surface area contributed by atoms with Crippen LogP contribution >= 0.6 is 0 Å². The van der Waals surface area contributed by atoms with Crippen molar-refractivity contribution in [2.45, 2.75) is 81.2 Å². The Labute approximate surface area is 363 Å². The van der Waals surface area contributed by atoms with Crippen LogP contribution in [0.1, 0.15) is 41.6 Å². The van der Waals surface area contributed by atoms with Crippen LogP contribution < -0.4 is 49.5 Å². The van der Waals surface area contributed by atoms with E-state index in [0.29, 0.717) is 16.8 Å². The molecule has 3 aromatic carbocycles. The van der Waals surface area contributed by atoms with Crippen molar-refractivity contribution in [1.82, 2.24) is 36.6 Å². The summed E-state index contributed by atoms with van der Waals surface area (Å²) >= 11 is 0. The lowest BCUT2D eigenvalue weighted by Gasteiger charge is -2.27. The summed E-state index contributed by atoms with van der Waals surface area (Å²) in [6.45, 7) is 0.115. The molecule has 334 valence electrons. The van der Waals surface area contributed by atoms with Crippen LogP contribution in [0.25, 0.3) is 0 Å². The fourth-order valence-electron chi connectivity index (χ4n) is 6.44. The highest BCUT2D eigenvalue weighted by atomic mass is 16.4. The molecule has 15 N–H and O–H groups in total. The number of nitrogens with zero attached hydrogens (tertiary/aromatic N) is 2. The monoisotopic (exact) mass is 866 g/mol. The second-order valence-corrected chi connectivity index (χ2v) is 14.7. The van der Waals surface area contributed by atoms with Crippen LogP contribution in [0.5, 0.6) is 0 Å². The summed E-state index contributed by atoms with van der Waals surface area (Å²) in [5.74, 6) is -6.31. The molecule has 0 saturated heterocycles. The summed E-state index contributed by atoms with van der Waals surface area (Å²) in [5, 5.41) is 22.5. The van der Waals surface area contributed by atoms with Crippen molar-refractivity contribution in [2.24, 2.45) is 27.9 Å². The number of aromatic nitrogens is 2. The molecule has 0 fully saturated rings. The number of H-pyrrole nitrogens is 1. The van der Waals surface area contributed by atoms with Crippen LogP contribution in [-0.2, 0) is 59.2 Å². The molecule has 20 nitrogen and oxygen atoms in total. The predicted octanol–water partition coefficient (Wildman–Crippen LogP) is -1.55. The summed E-state index contributed by atoms with van der Waals surface area (Å²) in [5.41, 5.74) is 24.9. The number of carboxylic acid groups (broad SMARTS) is 1. The van der Waals surface area contributed by atoms with Crippen LogP contribution in [0.2, 0.25) is 0 Å². The molecule has 6 amide bonds. The van der Waals surface area contributed by atoms with E-state index in [0.717, 1.165) is 5.56 Å². The number of carbonyl (C=O) groups excluding carboxylic acids is 6. The molecular weight excluding hydrogens is 813 g/mol. The molecule has 20 heteroatoms. The zero-order valence-corrected chi connectivity index (χ0v) is 34.4. The van der Waals surface area contributed by atoms with Crippen LogP contribution in [0.4, 0.5) is 0 Å². The lowest BCUT2D eigenvalue weighted by atomic mass is 10.0. The number of carbonyl (C=O) groups is 7. The highest BCUT2D eigenvalue weighted by Gasteiger charge is 2.33. The molecule has 0 aliphatic rings. The second kappa shape index (κ2) is 24.6. The first-order valence-corrected chi connectivity index (χ1v) is 20.1. The van der Waals surface area contributed by atoms with E-state index >= 15 is 0 Å². The minimum atomic E-state index is -1.48. The lowest BCUT2D eigenvalue weighted by molar-refractivity contribution is -0.140. The van der Waals surface area contributed by atoms with Crippen LogP contribution in [0.15, 0.2) is 109 Å². The van der Waals surface area contributed by atoms with Gasteiger partial charge in [-0.1, -0.05) is 91.0 Å². The van der Waals surface area contributed by atoms with Crippen LogP contribution in [-0.4, -0.2) is 105 Å². The first-order valence-electron chi connectivity index (χ1n) is 20.1. The Balaban J connectivity index is 1.62. The fourth-order valence-corrected chi connectivity index (χ4v) is 6.44.